The zero-order valence-electron chi connectivity index (χ0n) is 9.00. The van der Waals surface area contributed by atoms with E-state index in [1.165, 1.54) is 18.9 Å². The van der Waals surface area contributed by atoms with Crippen molar-refractivity contribution in [3.8, 4) is 0 Å². The fourth-order valence-corrected chi connectivity index (χ4v) is 1.95. The average molecular weight is 219 g/mol. The van der Waals surface area contributed by atoms with Crippen molar-refractivity contribution in [1.82, 2.24) is 5.32 Å². The Balaban J connectivity index is 1.76. The van der Waals surface area contributed by atoms with E-state index < -0.39 is 0 Å². The normalized spacial score (nSPS) is 15.8. The lowest BCUT2D eigenvalue weighted by Gasteiger charge is -2.00. The molecular formula is C13H14FNO. The summed E-state index contributed by atoms with van der Waals surface area (Å²) in [5, 5.41) is 4.34. The van der Waals surface area contributed by atoms with Crippen LogP contribution in [0.4, 0.5) is 4.39 Å². The van der Waals surface area contributed by atoms with Crippen molar-refractivity contribution in [2.24, 2.45) is 0 Å². The summed E-state index contributed by atoms with van der Waals surface area (Å²) in [5.74, 6) is -0.203. The van der Waals surface area contributed by atoms with Gasteiger partial charge in [0.05, 0.1) is 6.26 Å². The third kappa shape index (κ3) is 1.95. The Bertz CT molecular complexity index is 502. The molecule has 16 heavy (non-hydrogen) atoms. The molecule has 1 aromatic carbocycles. The first kappa shape index (κ1) is 9.85. The van der Waals surface area contributed by atoms with Gasteiger partial charge in [-0.1, -0.05) is 0 Å². The van der Waals surface area contributed by atoms with Crippen LogP contribution in [-0.2, 0) is 6.42 Å². The van der Waals surface area contributed by atoms with Gasteiger partial charge in [0, 0.05) is 11.4 Å². The molecule has 0 atom stereocenters. The minimum atomic E-state index is -0.203. The summed E-state index contributed by atoms with van der Waals surface area (Å²) in [5.41, 5.74) is 1.85. The number of nitrogens with one attached hydrogen (secondary N) is 1. The first-order chi connectivity index (χ1) is 7.83. The maximum absolute atomic E-state index is 13.1. The molecule has 0 radical (unpaired) electrons. The predicted molar refractivity (Wildman–Crippen MR) is 60.9 cm³/mol. The highest BCUT2D eigenvalue weighted by Gasteiger charge is 2.19. The van der Waals surface area contributed by atoms with Gasteiger partial charge >= 0.3 is 0 Å². The minimum Gasteiger partial charge on any atom is -0.464 e. The van der Waals surface area contributed by atoms with Crippen molar-refractivity contribution in [3.05, 3.63) is 35.8 Å². The van der Waals surface area contributed by atoms with Gasteiger partial charge < -0.3 is 9.73 Å². The van der Waals surface area contributed by atoms with Gasteiger partial charge in [-0.2, -0.15) is 0 Å². The maximum atomic E-state index is 13.1. The summed E-state index contributed by atoms with van der Waals surface area (Å²) in [6, 6.07) is 5.38. The zero-order valence-corrected chi connectivity index (χ0v) is 9.00. The molecule has 1 N–H and O–H groups in total. The van der Waals surface area contributed by atoms with Crippen LogP contribution in [0.5, 0.6) is 0 Å². The highest BCUT2D eigenvalue weighted by Crippen LogP contribution is 2.23. The minimum absolute atomic E-state index is 0.203. The Morgan fingerprint density at radius 3 is 3.06 bits per heavy atom. The molecule has 1 aliphatic rings. The molecule has 1 heterocycles. The highest BCUT2D eigenvalue weighted by molar-refractivity contribution is 5.81. The standard InChI is InChI=1S/C13H14FNO/c14-10-1-4-13-12(7-10)9(8-16-13)5-6-15-11-2-3-11/h1,4,7-8,11,15H,2-3,5-6H2. The smallest absolute Gasteiger partial charge is 0.134 e. The molecule has 3 heteroatoms. The van der Waals surface area contributed by atoms with E-state index >= 15 is 0 Å². The monoisotopic (exact) mass is 219 g/mol. The molecule has 0 bridgehead atoms. The molecule has 0 amide bonds. The van der Waals surface area contributed by atoms with Crippen molar-refractivity contribution in [3.63, 3.8) is 0 Å². The van der Waals surface area contributed by atoms with Crippen LogP contribution in [0, 0.1) is 5.82 Å². The molecule has 2 nitrogen and oxygen atoms in total. The van der Waals surface area contributed by atoms with Crippen molar-refractivity contribution in [1.29, 1.82) is 0 Å². The first-order valence-electron chi connectivity index (χ1n) is 5.72. The lowest BCUT2D eigenvalue weighted by molar-refractivity contribution is 0.602. The number of fused-ring (bicyclic) bond motifs is 1. The van der Waals surface area contributed by atoms with Gasteiger partial charge in [-0.05, 0) is 49.6 Å². The van der Waals surface area contributed by atoms with E-state index in [2.05, 4.69) is 5.32 Å². The van der Waals surface area contributed by atoms with Crippen LogP contribution in [-0.4, -0.2) is 12.6 Å². The second-order valence-electron chi connectivity index (χ2n) is 4.38. The van der Waals surface area contributed by atoms with Gasteiger partial charge in [-0.25, -0.2) is 4.39 Å². The molecule has 1 fully saturated rings. The van der Waals surface area contributed by atoms with Crippen LogP contribution < -0.4 is 5.32 Å². The predicted octanol–water partition coefficient (Wildman–Crippen LogP) is 2.87. The molecule has 84 valence electrons. The first-order valence-corrected chi connectivity index (χ1v) is 5.72. The van der Waals surface area contributed by atoms with E-state index in [-0.39, 0.29) is 5.82 Å². The molecule has 2 aromatic rings. The van der Waals surface area contributed by atoms with E-state index in [1.54, 1.807) is 18.4 Å². The van der Waals surface area contributed by atoms with Crippen LogP contribution in [0.15, 0.2) is 28.9 Å². The van der Waals surface area contributed by atoms with Gasteiger partial charge in [0.15, 0.2) is 0 Å². The second-order valence-corrected chi connectivity index (χ2v) is 4.38. The topological polar surface area (TPSA) is 25.2 Å². The Kier molecular flexibility index (Phi) is 2.40. The van der Waals surface area contributed by atoms with E-state index in [0.29, 0.717) is 0 Å². The van der Waals surface area contributed by atoms with Crippen LogP contribution in [0.1, 0.15) is 18.4 Å². The van der Waals surface area contributed by atoms with Crippen molar-refractivity contribution in [2.75, 3.05) is 6.54 Å². The number of furan rings is 1. The van der Waals surface area contributed by atoms with Gasteiger partial charge in [0.2, 0.25) is 0 Å². The van der Waals surface area contributed by atoms with Gasteiger partial charge in [0.25, 0.3) is 0 Å². The summed E-state index contributed by atoms with van der Waals surface area (Å²) < 4.78 is 18.5. The molecule has 0 unspecified atom stereocenters. The van der Waals surface area contributed by atoms with Crippen molar-refractivity contribution >= 4 is 11.0 Å². The quantitative estimate of drug-likeness (QED) is 0.855. The van der Waals surface area contributed by atoms with Crippen LogP contribution in [0.2, 0.25) is 0 Å². The third-order valence-corrected chi connectivity index (χ3v) is 3.02. The number of benzene rings is 1. The average Bonchev–Trinajstić information content (AvgIpc) is 3.01. The van der Waals surface area contributed by atoms with Crippen LogP contribution in [0.3, 0.4) is 0 Å². The Hall–Kier alpha value is -1.35. The highest BCUT2D eigenvalue weighted by atomic mass is 19.1. The fraction of sp³-hybridized carbons (Fsp3) is 0.385. The van der Waals surface area contributed by atoms with Crippen LogP contribution in [0.25, 0.3) is 11.0 Å². The number of hydrogen-bond donors (Lipinski definition) is 1. The second kappa shape index (κ2) is 3.91. The molecule has 1 saturated carbocycles. The summed E-state index contributed by atoms with van der Waals surface area (Å²) >= 11 is 0. The molecule has 0 saturated heterocycles. The summed E-state index contributed by atoms with van der Waals surface area (Å²) in [6.07, 6.45) is 5.22. The number of rotatable bonds is 4. The lowest BCUT2D eigenvalue weighted by Crippen LogP contribution is -2.19. The van der Waals surface area contributed by atoms with E-state index in [9.17, 15) is 4.39 Å². The Morgan fingerprint density at radius 2 is 2.25 bits per heavy atom. The lowest BCUT2D eigenvalue weighted by atomic mass is 10.1. The van der Waals surface area contributed by atoms with E-state index in [1.807, 2.05) is 0 Å². The molecule has 1 aromatic heterocycles. The Labute approximate surface area is 93.4 Å². The van der Waals surface area contributed by atoms with Crippen LogP contribution >= 0.6 is 0 Å². The third-order valence-electron chi connectivity index (χ3n) is 3.02. The molecule has 0 aliphatic heterocycles. The SMILES string of the molecule is Fc1ccc2occ(CCNC3CC3)c2c1. The summed E-state index contributed by atoms with van der Waals surface area (Å²) in [4.78, 5) is 0. The molecule has 3 rings (SSSR count). The maximum Gasteiger partial charge on any atom is 0.134 e. The molecule has 1 aliphatic carbocycles. The number of halogens is 1. The fourth-order valence-electron chi connectivity index (χ4n) is 1.95. The summed E-state index contributed by atoms with van der Waals surface area (Å²) in [7, 11) is 0. The van der Waals surface area contributed by atoms with Gasteiger partial charge in [0.1, 0.15) is 11.4 Å². The number of hydrogen-bond acceptors (Lipinski definition) is 2. The van der Waals surface area contributed by atoms with Crippen molar-refractivity contribution in [2.45, 2.75) is 25.3 Å². The largest absolute Gasteiger partial charge is 0.464 e. The van der Waals surface area contributed by atoms with Gasteiger partial charge in [-0.3, -0.25) is 0 Å². The van der Waals surface area contributed by atoms with E-state index in [4.69, 9.17) is 4.42 Å². The zero-order chi connectivity index (χ0) is 11.0. The molecular weight excluding hydrogens is 205 g/mol. The van der Waals surface area contributed by atoms with E-state index in [0.717, 1.165) is 35.5 Å². The Morgan fingerprint density at radius 1 is 1.38 bits per heavy atom. The van der Waals surface area contributed by atoms with Crippen molar-refractivity contribution < 1.29 is 8.81 Å². The summed E-state index contributed by atoms with van der Waals surface area (Å²) in [6.45, 7) is 0.940. The van der Waals surface area contributed by atoms with Gasteiger partial charge in [-0.15, -0.1) is 0 Å². The molecule has 0 spiro atoms.